The minimum absolute atomic E-state index is 0.00427. The minimum Gasteiger partial charge on any atom is -0.316 e. The molecule has 5 rings (SSSR count). The zero-order valence-electron chi connectivity index (χ0n) is 27.9. The van der Waals surface area contributed by atoms with Gasteiger partial charge in [-0.1, -0.05) is 42.3 Å². The summed E-state index contributed by atoms with van der Waals surface area (Å²) in [5.41, 5.74) is -0.990. The fourth-order valence-corrected chi connectivity index (χ4v) is 2.93. The Hall–Kier alpha value is -3.26. The highest BCUT2D eigenvalue weighted by atomic mass is 15.0. The Morgan fingerprint density at radius 3 is 1.58 bits per heavy atom. The molecule has 0 aliphatic rings. The van der Waals surface area contributed by atoms with Crippen LogP contribution in [0.2, 0.25) is 0 Å². The van der Waals surface area contributed by atoms with Crippen molar-refractivity contribution in [2.24, 2.45) is 0 Å². The number of aromatic nitrogens is 2. The van der Waals surface area contributed by atoms with E-state index in [1.54, 1.807) is 0 Å². The molecule has 0 saturated heterocycles. The number of aryl methyl sites for hydroxylation is 2. The smallest absolute Gasteiger partial charge is 0.0825 e. The maximum Gasteiger partial charge on any atom is 0.0825 e. The molecule has 0 saturated carbocycles. The van der Waals surface area contributed by atoms with Crippen molar-refractivity contribution in [2.45, 2.75) is 13.8 Å². The summed E-state index contributed by atoms with van der Waals surface area (Å²) in [5, 5.41) is -0.00855. The summed E-state index contributed by atoms with van der Waals surface area (Å²) in [6.07, 6.45) is -0.734. The van der Waals surface area contributed by atoms with Gasteiger partial charge < -0.3 is 9.13 Å². The molecule has 0 atom stereocenters. The molecule has 0 bridgehead atoms. The van der Waals surface area contributed by atoms with E-state index >= 15 is 0 Å². The van der Waals surface area contributed by atoms with Gasteiger partial charge in [-0.2, -0.15) is 0 Å². The Morgan fingerprint density at radius 2 is 1.08 bits per heavy atom. The van der Waals surface area contributed by atoms with Crippen LogP contribution in [0.15, 0.2) is 84.9 Å². The molecule has 2 heterocycles. The van der Waals surface area contributed by atoms with Crippen LogP contribution in [0.25, 0.3) is 33.2 Å². The first-order valence-corrected chi connectivity index (χ1v) is 7.84. The van der Waals surface area contributed by atoms with Crippen LogP contribution in [0.1, 0.15) is 30.3 Å². The van der Waals surface area contributed by atoms with Crippen LogP contribution in [0.3, 0.4) is 0 Å². The van der Waals surface area contributed by atoms with Crippen molar-refractivity contribution in [2.75, 3.05) is 0 Å². The lowest BCUT2D eigenvalue weighted by atomic mass is 10.2. The van der Waals surface area contributed by atoms with Crippen molar-refractivity contribution in [3.8, 4) is 11.4 Å². The molecule has 2 aromatic heterocycles. The van der Waals surface area contributed by atoms with Gasteiger partial charge in [0.1, 0.15) is 0 Å². The average Bonchev–Trinajstić information content (AvgIpc) is 3.33. The first kappa shape index (κ1) is 6.48. The molecule has 0 aliphatic heterocycles. The number of benzene rings is 3. The van der Waals surface area contributed by atoms with Gasteiger partial charge in [0.05, 0.1) is 30.2 Å². The van der Waals surface area contributed by atoms with E-state index in [0.29, 0.717) is 0 Å². The molecule has 126 valence electrons. The van der Waals surface area contributed by atoms with Gasteiger partial charge in [0.15, 0.2) is 0 Å². The molecule has 0 N–H and O–H groups in total. The van der Waals surface area contributed by atoms with E-state index in [4.69, 9.17) is 19.2 Å². The van der Waals surface area contributed by atoms with Crippen LogP contribution >= 0.6 is 0 Å². The summed E-state index contributed by atoms with van der Waals surface area (Å²) in [6, 6.07) is -6.84. The maximum atomic E-state index is 9.09. The lowest BCUT2D eigenvalue weighted by molar-refractivity contribution is 1.08. The van der Waals surface area contributed by atoms with Gasteiger partial charge in [0.25, 0.3) is 0 Å². The Kier molecular flexibility index (Phi) is 1.40. The van der Waals surface area contributed by atoms with Crippen molar-refractivity contribution >= 4 is 21.8 Å². The summed E-state index contributed by atoms with van der Waals surface area (Å²) in [7, 11) is 0. The summed E-state index contributed by atoms with van der Waals surface area (Å²) in [6.45, 7) is 2.91. The molecule has 5 aromatic rings. The lowest BCUT2D eigenvalue weighted by Gasteiger charge is -2.10. The number of rotatable bonds is 2. The normalized spacial score (nSPS) is 19.0. The van der Waals surface area contributed by atoms with Gasteiger partial charge in [-0.15, -0.1) is 0 Å². The van der Waals surface area contributed by atoms with E-state index in [1.807, 2.05) is 0 Å². The van der Waals surface area contributed by atoms with Gasteiger partial charge in [-0.05, 0) is 55.2 Å². The van der Waals surface area contributed by atoms with Crippen LogP contribution in [0, 0.1) is 13.8 Å². The molecule has 0 amide bonds. The second kappa shape index (κ2) is 5.63. The predicted molar refractivity (Wildman–Crippen MR) is 110 cm³/mol. The Balaban J connectivity index is 2.04. The molecule has 0 unspecified atom stereocenters. The zero-order chi connectivity index (χ0) is 29.9. The van der Waals surface area contributed by atoms with E-state index in [2.05, 4.69) is 0 Å². The summed E-state index contributed by atoms with van der Waals surface area (Å²) in [5.74, 6) is 0. The van der Waals surface area contributed by atoms with Crippen LogP contribution in [0.4, 0.5) is 0 Å². The Labute approximate surface area is 172 Å². The number of hydrogen-bond donors (Lipinski definition) is 0. The standard InChI is InChI=1S/C24H20N2/c1-17-15-25(23-12-5-3-10-21(17)23)19-8-7-9-20(14-19)26-16-18(2)22-11-4-6-13-24(22)26/h3-16H,1-2H3/i3D,4D,5D,6D,7D,8D,9D,10D,11D,12D,13D,14D,15D,16D. The third-order valence-corrected chi connectivity index (χ3v) is 4.14. The van der Waals surface area contributed by atoms with E-state index in [-0.39, 0.29) is 45.3 Å². The number of fused-ring (bicyclic) bond motifs is 2. The van der Waals surface area contributed by atoms with Crippen LogP contribution in [-0.2, 0) is 0 Å². The molecule has 2 nitrogen and oxygen atoms in total. The zero-order valence-corrected chi connectivity index (χ0v) is 13.9. The highest BCUT2D eigenvalue weighted by Gasteiger charge is 2.10. The summed E-state index contributed by atoms with van der Waals surface area (Å²) >= 11 is 0. The van der Waals surface area contributed by atoms with Crippen molar-refractivity contribution in [3.05, 3.63) is 96.0 Å². The topological polar surface area (TPSA) is 9.86 Å². The van der Waals surface area contributed by atoms with Crippen molar-refractivity contribution in [1.29, 1.82) is 0 Å². The highest BCUT2D eigenvalue weighted by molar-refractivity contribution is 5.86. The van der Waals surface area contributed by atoms with Crippen LogP contribution < -0.4 is 0 Å². The fourth-order valence-electron chi connectivity index (χ4n) is 2.93. The second-order valence-corrected chi connectivity index (χ2v) is 5.79. The molecule has 26 heavy (non-hydrogen) atoms. The molecule has 0 spiro atoms. The van der Waals surface area contributed by atoms with E-state index in [1.165, 1.54) is 13.8 Å². The number of nitrogens with zero attached hydrogens (tertiary/aromatic N) is 2. The molecule has 3 aromatic carbocycles. The first-order chi connectivity index (χ1) is 18.6. The molecule has 0 radical (unpaired) electrons. The van der Waals surface area contributed by atoms with Gasteiger partial charge in [0, 0.05) is 34.5 Å². The van der Waals surface area contributed by atoms with Gasteiger partial charge in [-0.25, -0.2) is 0 Å². The minimum atomic E-state index is -0.708. The Bertz CT molecular complexity index is 1830. The quantitative estimate of drug-likeness (QED) is 0.359. The molecule has 0 fully saturated rings. The third-order valence-electron chi connectivity index (χ3n) is 4.14. The van der Waals surface area contributed by atoms with Crippen molar-refractivity contribution in [1.82, 2.24) is 9.13 Å². The second-order valence-electron chi connectivity index (χ2n) is 5.79. The Morgan fingerprint density at radius 1 is 0.615 bits per heavy atom. The predicted octanol–water partition coefficient (Wildman–Crippen LogP) is 6.19. The van der Waals surface area contributed by atoms with Crippen LogP contribution in [-0.4, -0.2) is 9.13 Å². The van der Waals surface area contributed by atoms with E-state index < -0.39 is 83.9 Å². The average molecular weight is 351 g/mol. The molecule has 0 aliphatic carbocycles. The van der Waals surface area contributed by atoms with Crippen molar-refractivity contribution < 1.29 is 19.2 Å². The highest BCUT2D eigenvalue weighted by Crippen LogP contribution is 2.28. The number of para-hydroxylation sites is 2. The maximum absolute atomic E-state index is 9.09. The third kappa shape index (κ3) is 2.19. The van der Waals surface area contributed by atoms with E-state index in [0.717, 1.165) is 9.13 Å². The fraction of sp³-hybridized carbons (Fsp3) is 0.0833. The summed E-state index contributed by atoms with van der Waals surface area (Å²) in [4.78, 5) is 0. The first-order valence-electron chi connectivity index (χ1n) is 14.8. The monoisotopic (exact) mass is 350 g/mol. The lowest BCUT2D eigenvalue weighted by Crippen LogP contribution is -1.96. The molecular formula is C24H20N2. The number of hydrogen-bond acceptors (Lipinski definition) is 0. The van der Waals surface area contributed by atoms with Gasteiger partial charge in [0.2, 0.25) is 0 Å². The molecular weight excluding hydrogens is 316 g/mol. The largest absolute Gasteiger partial charge is 0.316 e. The van der Waals surface area contributed by atoms with Gasteiger partial charge >= 0.3 is 0 Å². The van der Waals surface area contributed by atoms with E-state index in [9.17, 15) is 0 Å². The molecule has 2 heteroatoms. The van der Waals surface area contributed by atoms with Gasteiger partial charge in [-0.3, -0.25) is 0 Å². The summed E-state index contributed by atoms with van der Waals surface area (Å²) < 4.78 is 120. The van der Waals surface area contributed by atoms with Crippen molar-refractivity contribution in [3.63, 3.8) is 0 Å². The van der Waals surface area contributed by atoms with Crippen LogP contribution in [0.5, 0.6) is 0 Å². The SMILES string of the molecule is [2H]c1c([2H])c(-n2c([2H])c(C)c3c([2H])c([2H])c([2H])c([2H])c32)c([2H])c(-n2c([2H])c(C)c3c([2H])c([2H])c([2H])c([2H])c32)c1[2H].